The number of aldehydes is 1. The molecule has 0 radical (unpaired) electrons. The zero-order valence-corrected chi connectivity index (χ0v) is 11.1. The smallest absolute Gasteiger partial charge is 0.150 e. The van der Waals surface area contributed by atoms with Crippen LogP contribution in [0.3, 0.4) is 0 Å². The van der Waals surface area contributed by atoms with E-state index in [2.05, 4.69) is 10.0 Å². The second-order valence-electron chi connectivity index (χ2n) is 3.88. The second-order valence-corrected chi connectivity index (χ2v) is 3.88. The molecule has 0 amide bonds. The molecule has 1 aromatic rings. The highest BCUT2D eigenvalue weighted by atomic mass is 16.5. The number of carbonyl (C=O) groups excluding carboxylic acids is 1. The third-order valence-corrected chi connectivity index (χ3v) is 2.69. The summed E-state index contributed by atoms with van der Waals surface area (Å²) in [7, 11) is 2.72. The van der Waals surface area contributed by atoms with Gasteiger partial charge in [-0.05, 0) is 17.7 Å². The van der Waals surface area contributed by atoms with Crippen LogP contribution in [0, 0.1) is 0 Å². The average Bonchev–Trinajstić information content (AvgIpc) is 2.50. The van der Waals surface area contributed by atoms with Crippen molar-refractivity contribution in [3.63, 3.8) is 0 Å². The maximum absolute atomic E-state index is 10.8. The van der Waals surface area contributed by atoms with Gasteiger partial charge in [-0.1, -0.05) is 5.11 Å². The molecule has 0 spiro atoms. The van der Waals surface area contributed by atoms with Crippen LogP contribution >= 0.6 is 0 Å². The summed E-state index contributed by atoms with van der Waals surface area (Å²) in [6, 6.07) is 2.82. The topological polar surface area (TPSA) is 125 Å². The molecular weight excluding hydrogens is 266 g/mol. The molecule has 0 aromatic heterocycles. The van der Waals surface area contributed by atoms with Gasteiger partial charge in [-0.15, -0.1) is 0 Å². The van der Waals surface area contributed by atoms with Gasteiger partial charge >= 0.3 is 0 Å². The van der Waals surface area contributed by atoms with E-state index in [1.807, 2.05) is 0 Å². The van der Waals surface area contributed by atoms with Crippen LogP contribution in [0.25, 0.3) is 10.4 Å². The molecule has 0 bridgehead atoms. The van der Waals surface area contributed by atoms with Gasteiger partial charge in [0.1, 0.15) is 23.9 Å². The fourth-order valence-corrected chi connectivity index (χ4v) is 1.73. The van der Waals surface area contributed by atoms with Gasteiger partial charge in [0.2, 0.25) is 0 Å². The Bertz CT molecular complexity index is 503. The summed E-state index contributed by atoms with van der Waals surface area (Å²) < 4.78 is 10.2. The van der Waals surface area contributed by atoms with Gasteiger partial charge in [0.15, 0.2) is 0 Å². The van der Waals surface area contributed by atoms with Gasteiger partial charge in [-0.2, -0.15) is 0 Å². The number of azide groups is 1. The summed E-state index contributed by atoms with van der Waals surface area (Å²) in [6.45, 7) is -0.306. The van der Waals surface area contributed by atoms with Crippen molar-refractivity contribution < 1.29 is 24.5 Å². The van der Waals surface area contributed by atoms with E-state index in [4.69, 9.17) is 15.0 Å². The van der Waals surface area contributed by atoms with Gasteiger partial charge in [-0.3, -0.25) is 4.79 Å². The highest BCUT2D eigenvalue weighted by molar-refractivity contribution is 5.77. The molecule has 2 unspecified atom stereocenters. The Morgan fingerprint density at radius 3 is 2.30 bits per heavy atom. The minimum atomic E-state index is -1.38. The summed E-state index contributed by atoms with van der Waals surface area (Å²) in [5.41, 5.74) is 8.70. The van der Waals surface area contributed by atoms with Crippen LogP contribution in [0.15, 0.2) is 17.2 Å². The lowest BCUT2D eigenvalue weighted by Gasteiger charge is -2.21. The van der Waals surface area contributed by atoms with Gasteiger partial charge in [-0.25, -0.2) is 0 Å². The Morgan fingerprint density at radius 1 is 1.35 bits per heavy atom. The first-order valence-corrected chi connectivity index (χ1v) is 5.67. The van der Waals surface area contributed by atoms with Crippen LogP contribution < -0.4 is 9.47 Å². The normalized spacial score (nSPS) is 13.0. The van der Waals surface area contributed by atoms with Crippen molar-refractivity contribution >= 4 is 6.29 Å². The highest BCUT2D eigenvalue weighted by Gasteiger charge is 2.26. The van der Waals surface area contributed by atoms with E-state index in [9.17, 15) is 15.0 Å². The molecule has 0 aliphatic heterocycles. The lowest BCUT2D eigenvalue weighted by Crippen LogP contribution is -2.22. The lowest BCUT2D eigenvalue weighted by atomic mass is 10.00. The third kappa shape index (κ3) is 3.39. The maximum Gasteiger partial charge on any atom is 0.150 e. The van der Waals surface area contributed by atoms with E-state index in [0.29, 0.717) is 11.8 Å². The monoisotopic (exact) mass is 281 g/mol. The van der Waals surface area contributed by atoms with Gasteiger partial charge in [0.05, 0.1) is 32.4 Å². The van der Waals surface area contributed by atoms with Crippen molar-refractivity contribution in [1.29, 1.82) is 0 Å². The van der Waals surface area contributed by atoms with Crippen LogP contribution in [0.2, 0.25) is 0 Å². The number of benzene rings is 1. The van der Waals surface area contributed by atoms with Crippen LogP contribution in [0.4, 0.5) is 0 Å². The number of rotatable bonds is 7. The molecule has 20 heavy (non-hydrogen) atoms. The number of nitrogens with zero attached hydrogens (tertiary/aromatic N) is 3. The number of hydrogen-bond acceptors (Lipinski definition) is 6. The first kappa shape index (κ1) is 15.8. The van der Waals surface area contributed by atoms with E-state index >= 15 is 0 Å². The van der Waals surface area contributed by atoms with E-state index in [1.165, 1.54) is 26.4 Å². The van der Waals surface area contributed by atoms with Crippen molar-refractivity contribution in [3.05, 3.63) is 33.7 Å². The average molecular weight is 281 g/mol. The Balaban J connectivity index is 3.26. The van der Waals surface area contributed by atoms with Gasteiger partial charge < -0.3 is 19.7 Å². The predicted molar refractivity (Wildman–Crippen MR) is 69.9 cm³/mol. The van der Waals surface area contributed by atoms with Crippen LogP contribution in [0.5, 0.6) is 11.5 Å². The van der Waals surface area contributed by atoms with E-state index in [0.717, 1.165) is 0 Å². The summed E-state index contributed by atoms with van der Waals surface area (Å²) in [5.74, 6) is 0.387. The first-order chi connectivity index (χ1) is 9.58. The van der Waals surface area contributed by atoms with Crippen molar-refractivity contribution in [3.8, 4) is 11.5 Å². The molecular formula is C12H15N3O5. The van der Waals surface area contributed by atoms with E-state index in [-0.39, 0.29) is 23.6 Å². The zero-order chi connectivity index (χ0) is 15.1. The van der Waals surface area contributed by atoms with E-state index in [1.54, 1.807) is 0 Å². The van der Waals surface area contributed by atoms with Crippen LogP contribution in [0.1, 0.15) is 22.0 Å². The number of hydrogen-bond donors (Lipinski definition) is 2. The fraction of sp³-hybridized carbons (Fsp3) is 0.417. The van der Waals surface area contributed by atoms with Crippen LogP contribution in [-0.4, -0.2) is 43.4 Å². The number of aliphatic hydroxyl groups is 2. The molecule has 0 saturated carbocycles. The molecule has 0 heterocycles. The Morgan fingerprint density at radius 2 is 1.90 bits per heavy atom. The second kappa shape index (κ2) is 7.34. The van der Waals surface area contributed by atoms with Gasteiger partial charge in [0.25, 0.3) is 0 Å². The summed E-state index contributed by atoms with van der Waals surface area (Å²) in [6.07, 6.45) is -2.10. The largest absolute Gasteiger partial charge is 0.496 e. The summed E-state index contributed by atoms with van der Waals surface area (Å²) in [4.78, 5) is 13.3. The molecule has 2 N–H and O–H groups in total. The lowest BCUT2D eigenvalue weighted by molar-refractivity contribution is 0.0215. The van der Waals surface area contributed by atoms with Crippen LogP contribution in [-0.2, 0) is 0 Å². The third-order valence-electron chi connectivity index (χ3n) is 2.69. The van der Waals surface area contributed by atoms with Crippen molar-refractivity contribution in [2.45, 2.75) is 12.2 Å². The Labute approximate surface area is 115 Å². The number of methoxy groups -OCH3 is 2. The minimum absolute atomic E-state index is 0.182. The zero-order valence-electron chi connectivity index (χ0n) is 11.1. The summed E-state index contributed by atoms with van der Waals surface area (Å²) in [5, 5.41) is 23.1. The SMILES string of the molecule is COc1cc(C=O)cc(OC)c1C(O)C(O)CN=[N+]=[N-]. The molecule has 2 atom stereocenters. The molecule has 0 aliphatic carbocycles. The highest BCUT2D eigenvalue weighted by Crippen LogP contribution is 2.36. The van der Waals surface area contributed by atoms with Crippen molar-refractivity contribution in [1.82, 2.24) is 0 Å². The number of aliphatic hydroxyl groups excluding tert-OH is 2. The first-order valence-electron chi connectivity index (χ1n) is 5.67. The number of carbonyl (C=O) groups is 1. The summed E-state index contributed by atoms with van der Waals surface area (Å²) >= 11 is 0. The van der Waals surface area contributed by atoms with Gasteiger partial charge in [0, 0.05) is 10.5 Å². The number of ether oxygens (including phenoxy) is 2. The molecule has 108 valence electrons. The predicted octanol–water partition coefficient (Wildman–Crippen LogP) is 1.22. The molecule has 0 fully saturated rings. The maximum atomic E-state index is 10.8. The molecule has 8 nitrogen and oxygen atoms in total. The minimum Gasteiger partial charge on any atom is -0.496 e. The quantitative estimate of drug-likeness (QED) is 0.336. The molecule has 0 aliphatic rings. The van der Waals surface area contributed by atoms with Crippen molar-refractivity contribution in [2.75, 3.05) is 20.8 Å². The standard InChI is InChI=1S/C12H15N3O5/c1-19-9-3-7(6-16)4-10(20-2)11(9)12(18)8(17)5-14-15-13/h3-4,6,8,12,17-18H,5H2,1-2H3. The molecule has 1 rings (SSSR count). The fourth-order valence-electron chi connectivity index (χ4n) is 1.73. The Hall–Kier alpha value is -2.28. The van der Waals surface area contributed by atoms with Crippen molar-refractivity contribution in [2.24, 2.45) is 5.11 Å². The molecule has 1 aromatic carbocycles. The Kier molecular flexibility index (Phi) is 5.79. The van der Waals surface area contributed by atoms with E-state index < -0.39 is 12.2 Å². The molecule has 0 saturated heterocycles. The molecule has 8 heteroatoms.